The molecule has 0 atom stereocenters. The zero-order chi connectivity index (χ0) is 23.6. The van der Waals surface area contributed by atoms with Crippen LogP contribution in [0, 0.1) is 6.92 Å². The summed E-state index contributed by atoms with van der Waals surface area (Å²) in [6.07, 6.45) is -3.42. The van der Waals surface area contributed by atoms with Crippen LogP contribution in [0.15, 0.2) is 41.8 Å². The van der Waals surface area contributed by atoms with Gasteiger partial charge in [0.15, 0.2) is 0 Å². The maximum absolute atomic E-state index is 13.2. The number of piperazine rings is 1. The van der Waals surface area contributed by atoms with E-state index in [2.05, 4.69) is 14.9 Å². The summed E-state index contributed by atoms with van der Waals surface area (Å²) in [5, 5.41) is 1.89. The molecule has 3 heterocycles. The van der Waals surface area contributed by atoms with Crippen molar-refractivity contribution in [1.29, 1.82) is 0 Å². The predicted octanol–water partition coefficient (Wildman–Crippen LogP) is 4.98. The van der Waals surface area contributed by atoms with Crippen LogP contribution in [-0.4, -0.2) is 47.0 Å². The molecule has 2 aromatic heterocycles. The number of hydrogen-bond acceptors (Lipinski definition) is 5. The number of halogens is 3. The van der Waals surface area contributed by atoms with Gasteiger partial charge in [0.25, 0.3) is 5.91 Å². The van der Waals surface area contributed by atoms with Crippen LogP contribution in [0.2, 0.25) is 0 Å². The van der Waals surface area contributed by atoms with Crippen molar-refractivity contribution in [2.75, 3.05) is 31.1 Å². The Morgan fingerprint density at radius 2 is 1.85 bits per heavy atom. The van der Waals surface area contributed by atoms with Gasteiger partial charge in [-0.25, -0.2) is 9.97 Å². The molecule has 174 valence electrons. The summed E-state index contributed by atoms with van der Waals surface area (Å²) < 4.78 is 39.6. The van der Waals surface area contributed by atoms with Gasteiger partial charge in [0.2, 0.25) is 0 Å². The predicted molar refractivity (Wildman–Crippen MR) is 123 cm³/mol. The van der Waals surface area contributed by atoms with Gasteiger partial charge in [-0.05, 0) is 36.4 Å². The normalized spacial score (nSPS) is 14.6. The van der Waals surface area contributed by atoms with Crippen molar-refractivity contribution >= 4 is 23.1 Å². The fourth-order valence-electron chi connectivity index (χ4n) is 4.11. The maximum Gasteiger partial charge on any atom is 0.416 e. The highest BCUT2D eigenvalue weighted by Crippen LogP contribution is 2.31. The Morgan fingerprint density at radius 3 is 2.48 bits per heavy atom. The minimum Gasteiger partial charge on any atom is -0.353 e. The van der Waals surface area contributed by atoms with Crippen LogP contribution in [0.5, 0.6) is 0 Å². The molecule has 1 aliphatic rings. The van der Waals surface area contributed by atoms with Crippen LogP contribution >= 0.6 is 11.3 Å². The first kappa shape index (κ1) is 23.2. The Morgan fingerprint density at radius 1 is 1.09 bits per heavy atom. The molecule has 1 aromatic carbocycles. The number of carbonyl (C=O) groups excluding carboxylic acids is 1. The molecule has 9 heteroatoms. The summed E-state index contributed by atoms with van der Waals surface area (Å²) in [5.74, 6) is 1.41. The zero-order valence-electron chi connectivity index (χ0n) is 18.5. The highest BCUT2D eigenvalue weighted by molar-refractivity contribution is 7.12. The minimum absolute atomic E-state index is 0.0296. The second-order valence-electron chi connectivity index (χ2n) is 8.00. The summed E-state index contributed by atoms with van der Waals surface area (Å²) >= 11 is 1.43. The molecule has 1 aliphatic heterocycles. The van der Waals surface area contributed by atoms with Gasteiger partial charge in [0.1, 0.15) is 11.6 Å². The number of carbonyl (C=O) groups is 1. The molecule has 1 amide bonds. The summed E-state index contributed by atoms with van der Waals surface area (Å²) in [4.78, 5) is 26.6. The average Bonchev–Trinajstić information content (AvgIpc) is 3.34. The highest BCUT2D eigenvalue weighted by atomic mass is 32.1. The first-order chi connectivity index (χ1) is 15.8. The van der Waals surface area contributed by atoms with Crippen molar-refractivity contribution in [3.8, 4) is 0 Å². The fourth-order valence-corrected chi connectivity index (χ4v) is 4.80. The number of benzene rings is 1. The van der Waals surface area contributed by atoms with Crippen LogP contribution < -0.4 is 4.90 Å². The van der Waals surface area contributed by atoms with Gasteiger partial charge in [-0.2, -0.15) is 13.2 Å². The third kappa shape index (κ3) is 5.19. The molecule has 0 aliphatic carbocycles. The minimum atomic E-state index is -4.39. The molecule has 3 aromatic rings. The Bertz CT molecular complexity index is 1120. The second-order valence-corrected chi connectivity index (χ2v) is 8.95. The van der Waals surface area contributed by atoms with Crippen LogP contribution in [0.3, 0.4) is 0 Å². The third-order valence-electron chi connectivity index (χ3n) is 5.75. The van der Waals surface area contributed by atoms with Crippen molar-refractivity contribution in [3.63, 3.8) is 0 Å². The molecular weight excluding hydrogens is 449 g/mol. The lowest BCUT2D eigenvalue weighted by Gasteiger charge is -2.36. The number of aromatic nitrogens is 2. The number of hydrogen-bond donors (Lipinski definition) is 0. The smallest absolute Gasteiger partial charge is 0.353 e. The number of amides is 1. The van der Waals surface area contributed by atoms with Crippen LogP contribution in [0.1, 0.15) is 44.8 Å². The Balaban J connectivity index is 1.59. The molecule has 0 N–H and O–H groups in total. The molecule has 0 unspecified atom stereocenters. The van der Waals surface area contributed by atoms with E-state index in [9.17, 15) is 18.0 Å². The van der Waals surface area contributed by atoms with Gasteiger partial charge in [-0.15, -0.1) is 11.3 Å². The molecule has 33 heavy (non-hydrogen) atoms. The molecule has 0 spiro atoms. The Labute approximate surface area is 194 Å². The lowest BCUT2D eigenvalue weighted by molar-refractivity contribution is -0.137. The van der Waals surface area contributed by atoms with Gasteiger partial charge in [-0.3, -0.25) is 4.79 Å². The number of aryl methyl sites for hydroxylation is 2. The van der Waals surface area contributed by atoms with Gasteiger partial charge in [0.05, 0.1) is 10.4 Å². The molecule has 0 saturated carbocycles. The molecule has 4 rings (SSSR count). The topological polar surface area (TPSA) is 49.3 Å². The molecule has 1 fully saturated rings. The standard InChI is InChI=1S/C24H25F3N4OS/c1-3-20-19(15-17-6-4-7-18(14-17)24(25,26)27)22(29-16(2)28-20)30-9-11-31(12-10-30)23(32)21-8-5-13-33-21/h4-8,13-14H,3,9-12,15H2,1-2H3. The molecule has 0 bridgehead atoms. The Kier molecular flexibility index (Phi) is 6.69. The zero-order valence-corrected chi connectivity index (χ0v) is 19.3. The number of nitrogens with zero attached hydrogens (tertiary/aromatic N) is 4. The van der Waals surface area contributed by atoms with E-state index in [1.165, 1.54) is 23.5 Å². The summed E-state index contributed by atoms with van der Waals surface area (Å²) in [5.41, 5.74) is 1.60. The quantitative estimate of drug-likeness (QED) is 0.523. The summed E-state index contributed by atoms with van der Waals surface area (Å²) in [7, 11) is 0. The largest absolute Gasteiger partial charge is 0.416 e. The van der Waals surface area contributed by atoms with Gasteiger partial charge < -0.3 is 9.80 Å². The number of thiophene rings is 1. The van der Waals surface area contributed by atoms with Gasteiger partial charge in [-0.1, -0.05) is 31.2 Å². The van der Waals surface area contributed by atoms with Crippen LogP contribution in [0.4, 0.5) is 19.0 Å². The average molecular weight is 475 g/mol. The molecule has 0 radical (unpaired) electrons. The van der Waals surface area contributed by atoms with Crippen molar-refractivity contribution in [2.45, 2.75) is 32.9 Å². The van der Waals surface area contributed by atoms with Gasteiger partial charge in [0, 0.05) is 43.9 Å². The Hall–Kier alpha value is -2.94. The molecular formula is C24H25F3N4OS. The van der Waals surface area contributed by atoms with Gasteiger partial charge >= 0.3 is 6.18 Å². The van der Waals surface area contributed by atoms with E-state index >= 15 is 0 Å². The summed E-state index contributed by atoms with van der Waals surface area (Å²) in [6.45, 7) is 6.14. The molecule has 1 saturated heterocycles. The monoisotopic (exact) mass is 474 g/mol. The first-order valence-corrected chi connectivity index (χ1v) is 11.7. The number of rotatable bonds is 5. The number of alkyl halides is 3. The fraction of sp³-hybridized carbons (Fsp3) is 0.375. The second kappa shape index (κ2) is 9.51. The van der Waals surface area contributed by atoms with E-state index in [4.69, 9.17) is 0 Å². The molecule has 5 nitrogen and oxygen atoms in total. The van der Waals surface area contributed by atoms with Crippen LogP contribution in [0.25, 0.3) is 0 Å². The van der Waals surface area contributed by atoms with E-state index in [0.717, 1.165) is 28.0 Å². The van der Waals surface area contributed by atoms with Crippen molar-refractivity contribution in [1.82, 2.24) is 14.9 Å². The van der Waals surface area contributed by atoms with E-state index in [1.807, 2.05) is 36.3 Å². The lowest BCUT2D eigenvalue weighted by atomic mass is 10.00. The SMILES string of the molecule is CCc1nc(C)nc(N2CCN(C(=O)c3cccs3)CC2)c1Cc1cccc(C(F)(F)F)c1. The highest BCUT2D eigenvalue weighted by Gasteiger charge is 2.31. The first-order valence-electron chi connectivity index (χ1n) is 10.9. The van der Waals surface area contributed by atoms with E-state index in [0.29, 0.717) is 50.4 Å². The third-order valence-corrected chi connectivity index (χ3v) is 6.61. The van der Waals surface area contributed by atoms with Crippen molar-refractivity contribution in [3.05, 3.63) is 74.9 Å². The van der Waals surface area contributed by atoms with E-state index in [-0.39, 0.29) is 5.91 Å². The van der Waals surface area contributed by atoms with E-state index in [1.54, 1.807) is 6.07 Å². The van der Waals surface area contributed by atoms with Crippen LogP contribution in [-0.2, 0) is 19.0 Å². The number of anilines is 1. The lowest BCUT2D eigenvalue weighted by Crippen LogP contribution is -2.49. The maximum atomic E-state index is 13.2. The van der Waals surface area contributed by atoms with E-state index < -0.39 is 11.7 Å². The van der Waals surface area contributed by atoms with Crippen molar-refractivity contribution in [2.24, 2.45) is 0 Å². The summed E-state index contributed by atoms with van der Waals surface area (Å²) in [6, 6.07) is 9.11. The van der Waals surface area contributed by atoms with Crippen molar-refractivity contribution < 1.29 is 18.0 Å².